The third-order valence-electron chi connectivity index (χ3n) is 14.3. The first kappa shape index (κ1) is 39.5. The second-order valence-corrected chi connectivity index (χ2v) is 20.2. The van der Waals surface area contributed by atoms with Gasteiger partial charge in [0.1, 0.15) is 15.5 Å². The molecule has 15 rings (SSSR count). The lowest BCUT2D eigenvalue weighted by atomic mass is 9.37. The Morgan fingerprint density at radius 3 is 1.01 bits per heavy atom. The van der Waals surface area contributed by atoms with E-state index < -0.39 is 0 Å². The number of nitrogens with zero attached hydrogens (tertiary/aromatic N) is 3. The fraction of sp³-hybridized carbons (Fsp3) is 0. The molecule has 0 aliphatic heterocycles. The molecule has 12 aromatic carbocycles. The summed E-state index contributed by atoms with van der Waals surface area (Å²) in [6.07, 6.45) is 0. The minimum Gasteiger partial charge on any atom is -0.435 e. The minimum absolute atomic E-state index is 0.0554. The van der Waals surface area contributed by atoms with Crippen molar-refractivity contribution in [2.45, 2.75) is 0 Å². The molecule has 0 fully saturated rings. The summed E-state index contributed by atoms with van der Waals surface area (Å²) in [5.74, 6) is 0.612. The summed E-state index contributed by atoms with van der Waals surface area (Å²) < 4.78 is 9.12. The van der Waals surface area contributed by atoms with E-state index in [-0.39, 0.29) is 6.71 Å². The van der Waals surface area contributed by atoms with Gasteiger partial charge in [-0.15, -0.1) is 22.7 Å². The van der Waals surface area contributed by atoms with Crippen molar-refractivity contribution in [3.8, 4) is 32.6 Å². The number of rotatable bonds is 6. The molecule has 7 heteroatoms. The number of hydrogen-bond donors (Lipinski definition) is 0. The monoisotopic (exact) mass is 925 g/mol. The number of oxazole rings is 1. The van der Waals surface area contributed by atoms with Crippen LogP contribution in [0.15, 0.2) is 223 Å². The van der Waals surface area contributed by atoms with Gasteiger partial charge >= 0.3 is 0 Å². The molecule has 0 radical (unpaired) electrons. The lowest BCUT2D eigenvalue weighted by Gasteiger charge is -2.17. The Kier molecular flexibility index (Phi) is 8.76. The second-order valence-electron chi connectivity index (χ2n) is 18.2. The van der Waals surface area contributed by atoms with Crippen LogP contribution in [-0.4, -0.2) is 21.7 Å². The number of aromatic nitrogens is 3. The van der Waals surface area contributed by atoms with Gasteiger partial charge in [-0.25, -0.2) is 15.0 Å². The Labute approximate surface area is 409 Å². The van der Waals surface area contributed by atoms with Crippen LogP contribution >= 0.6 is 22.7 Å². The molecule has 0 bridgehead atoms. The van der Waals surface area contributed by atoms with Crippen molar-refractivity contribution < 1.29 is 4.42 Å². The maximum absolute atomic E-state index is 6.67. The van der Waals surface area contributed by atoms with E-state index in [1.54, 1.807) is 22.7 Å². The van der Waals surface area contributed by atoms with Gasteiger partial charge in [-0.3, -0.25) is 0 Å². The highest BCUT2D eigenvalue weighted by Crippen LogP contribution is 2.43. The van der Waals surface area contributed by atoms with Crippen molar-refractivity contribution in [3.63, 3.8) is 0 Å². The molecule has 0 amide bonds. The largest absolute Gasteiger partial charge is 0.435 e. The first-order valence-corrected chi connectivity index (χ1v) is 25.2. The molecule has 4 nitrogen and oxygen atoms in total. The molecule has 0 N–H and O–H groups in total. The minimum atomic E-state index is -0.0554. The summed E-state index contributed by atoms with van der Waals surface area (Å²) >= 11 is 3.55. The van der Waals surface area contributed by atoms with Crippen LogP contribution in [-0.2, 0) is 0 Å². The summed E-state index contributed by atoms with van der Waals surface area (Å²) in [6.45, 7) is -0.0554. The molecular weight excluding hydrogens is 890 g/mol. The van der Waals surface area contributed by atoms with Crippen LogP contribution in [0.4, 0.5) is 0 Å². The van der Waals surface area contributed by atoms with E-state index >= 15 is 0 Å². The Hall–Kier alpha value is -8.49. The van der Waals surface area contributed by atoms with E-state index in [0.29, 0.717) is 5.89 Å². The maximum Gasteiger partial charge on any atom is 0.241 e. The Morgan fingerprint density at radius 2 is 0.600 bits per heavy atom. The highest BCUT2D eigenvalue weighted by atomic mass is 32.1. The highest BCUT2D eigenvalue weighted by molar-refractivity contribution is 7.23. The first-order valence-electron chi connectivity index (χ1n) is 23.6. The molecule has 324 valence electrons. The third kappa shape index (κ3) is 6.05. The molecule has 70 heavy (non-hydrogen) atoms. The van der Waals surface area contributed by atoms with Gasteiger partial charge in [-0.05, 0) is 32.3 Å². The van der Waals surface area contributed by atoms with E-state index in [0.717, 1.165) is 59.6 Å². The zero-order chi connectivity index (χ0) is 45.9. The smallest absolute Gasteiger partial charge is 0.241 e. The van der Waals surface area contributed by atoms with Crippen LogP contribution in [0.2, 0.25) is 0 Å². The van der Waals surface area contributed by atoms with Gasteiger partial charge in [-0.2, -0.15) is 0 Å². The molecule has 0 saturated heterocycles. The zero-order valence-corrected chi connectivity index (χ0v) is 39.1. The highest BCUT2D eigenvalue weighted by Gasteiger charge is 2.25. The second kappa shape index (κ2) is 15.5. The number of fused-ring (bicyclic) bond motifs is 18. The normalized spacial score (nSPS) is 12.0. The van der Waals surface area contributed by atoms with Crippen LogP contribution in [0.1, 0.15) is 0 Å². The van der Waals surface area contributed by atoms with Gasteiger partial charge in [0.2, 0.25) is 12.6 Å². The van der Waals surface area contributed by atoms with Crippen LogP contribution in [0.25, 0.3) is 129 Å². The van der Waals surface area contributed by atoms with Crippen molar-refractivity contribution in [2.75, 3.05) is 0 Å². The molecule has 0 unspecified atom stereocenters. The van der Waals surface area contributed by atoms with E-state index in [4.69, 9.17) is 19.4 Å². The SMILES string of the molecule is c1ccc2c(c1)c1ccccc1c1oc(-c3ccc(B(c4ccc(-c5nc6c7ccccc7c7ccccc7c6s5)cc4)c4ccc(-c5nc6c7ccccc7c7ccccc7c6s5)cc4)cc3)nc21. The molecule has 0 spiro atoms. The van der Waals surface area contributed by atoms with Gasteiger partial charge in [0.15, 0.2) is 5.58 Å². The molecule has 0 aliphatic rings. The summed E-state index contributed by atoms with van der Waals surface area (Å²) in [4.78, 5) is 15.8. The van der Waals surface area contributed by atoms with Gasteiger partial charge in [-0.1, -0.05) is 235 Å². The van der Waals surface area contributed by atoms with E-state index in [2.05, 4.69) is 218 Å². The average molecular weight is 926 g/mol. The molecule has 3 aromatic heterocycles. The van der Waals surface area contributed by atoms with Crippen molar-refractivity contribution in [1.29, 1.82) is 0 Å². The van der Waals surface area contributed by atoms with Crippen molar-refractivity contribution >= 4 is 142 Å². The van der Waals surface area contributed by atoms with Crippen LogP contribution < -0.4 is 16.4 Å². The lowest BCUT2D eigenvalue weighted by molar-refractivity contribution is 0.623. The molecule has 0 atom stereocenters. The standard InChI is InChI=1S/C63H36BN3OS2/c1-7-19-49-43(13-1)46-16-4-10-22-52(46)58-55(49)65-61(68-58)37-25-31-40(32-26-37)64(41-33-27-38(28-34-41)62-66-56-50-20-8-2-14-44(50)47-17-5-11-23-53(47)59(56)69-62)42-35-29-39(30-36-42)63-67-57-51-21-9-3-15-45(51)48-18-6-12-24-54(48)60(57)70-63/h1-36H. The molecular formula is C63H36BN3OS2. The van der Waals surface area contributed by atoms with Crippen LogP contribution in [0, 0.1) is 0 Å². The first-order chi connectivity index (χ1) is 34.7. The number of hydrogen-bond acceptors (Lipinski definition) is 6. The van der Waals surface area contributed by atoms with Crippen molar-refractivity contribution in [1.82, 2.24) is 15.0 Å². The van der Waals surface area contributed by atoms with E-state index in [9.17, 15) is 0 Å². The van der Waals surface area contributed by atoms with Gasteiger partial charge in [0.05, 0.1) is 20.4 Å². The number of thiazole rings is 2. The zero-order valence-electron chi connectivity index (χ0n) is 37.4. The van der Waals surface area contributed by atoms with Crippen LogP contribution in [0.3, 0.4) is 0 Å². The molecule has 3 heterocycles. The predicted octanol–water partition coefficient (Wildman–Crippen LogP) is 15.5. The van der Waals surface area contributed by atoms with Crippen molar-refractivity contribution in [3.05, 3.63) is 218 Å². The topological polar surface area (TPSA) is 51.8 Å². The lowest BCUT2D eigenvalue weighted by Crippen LogP contribution is -2.51. The van der Waals surface area contributed by atoms with E-state index in [1.165, 1.54) is 79.7 Å². The summed E-state index contributed by atoms with van der Waals surface area (Å²) in [5, 5.41) is 16.4. The van der Waals surface area contributed by atoms with Gasteiger partial charge in [0, 0.05) is 49.0 Å². The quantitative estimate of drug-likeness (QED) is 0.123. The summed E-state index contributed by atoms with van der Waals surface area (Å²) in [5.41, 5.74) is 10.5. The Morgan fingerprint density at radius 1 is 0.286 bits per heavy atom. The van der Waals surface area contributed by atoms with Gasteiger partial charge < -0.3 is 4.42 Å². The average Bonchev–Trinajstić information content (AvgIpc) is 4.22. The predicted molar refractivity (Wildman–Crippen MR) is 299 cm³/mol. The van der Waals surface area contributed by atoms with Crippen LogP contribution in [0.5, 0.6) is 0 Å². The molecule has 0 aliphatic carbocycles. The Bertz CT molecular complexity index is 3910. The maximum atomic E-state index is 6.67. The number of benzene rings is 12. The molecule has 0 saturated carbocycles. The summed E-state index contributed by atoms with van der Waals surface area (Å²) in [7, 11) is 0. The van der Waals surface area contributed by atoms with Crippen molar-refractivity contribution in [2.24, 2.45) is 0 Å². The fourth-order valence-corrected chi connectivity index (χ4v) is 13.2. The summed E-state index contributed by atoms with van der Waals surface area (Å²) in [6, 6.07) is 78.5. The third-order valence-corrected chi connectivity index (χ3v) is 16.6. The van der Waals surface area contributed by atoms with Gasteiger partial charge in [0.25, 0.3) is 0 Å². The Balaban J connectivity index is 0.840. The fourth-order valence-electron chi connectivity index (χ4n) is 11.0. The molecule has 15 aromatic rings. The van der Waals surface area contributed by atoms with E-state index in [1.807, 2.05) is 0 Å².